The maximum atomic E-state index is 5.19. The van der Waals surface area contributed by atoms with Gasteiger partial charge in [-0.2, -0.15) is 0 Å². The van der Waals surface area contributed by atoms with E-state index in [9.17, 15) is 0 Å². The van der Waals surface area contributed by atoms with Gasteiger partial charge in [-0.25, -0.2) is 0 Å². The van der Waals surface area contributed by atoms with Crippen LogP contribution in [0.3, 0.4) is 0 Å². The lowest BCUT2D eigenvalue weighted by atomic mass is 9.84. The maximum Gasteiger partial charge on any atom is 0.118 e. The average Bonchev–Trinajstić information content (AvgIpc) is 3.03. The molecule has 0 saturated heterocycles. The highest BCUT2D eigenvalue weighted by Crippen LogP contribution is 2.46. The van der Waals surface area contributed by atoms with Crippen molar-refractivity contribution in [2.45, 2.75) is 32.6 Å². The predicted octanol–water partition coefficient (Wildman–Crippen LogP) is 3.84. The van der Waals surface area contributed by atoms with Crippen LogP contribution in [0, 0.1) is 11.8 Å². The molecule has 1 aromatic rings. The molecule has 1 fully saturated rings. The first kappa shape index (κ1) is 10.5. The summed E-state index contributed by atoms with van der Waals surface area (Å²) in [6.45, 7) is 4.65. The van der Waals surface area contributed by atoms with E-state index in [1.807, 2.05) is 0 Å². The Kier molecular flexibility index (Phi) is 2.99. The van der Waals surface area contributed by atoms with E-state index in [1.54, 1.807) is 7.11 Å². The smallest absolute Gasteiger partial charge is 0.118 e. The van der Waals surface area contributed by atoms with E-state index < -0.39 is 0 Å². The highest BCUT2D eigenvalue weighted by molar-refractivity contribution is 5.30. The van der Waals surface area contributed by atoms with Crippen molar-refractivity contribution < 1.29 is 4.74 Å². The summed E-state index contributed by atoms with van der Waals surface area (Å²) in [4.78, 5) is 0. The standard InChI is InChI=1S/C14H20O/c1-10(2)14(11-4-5-11)12-6-8-13(15-3)9-7-12/h6-11,14H,4-5H2,1-3H3. The second-order valence-electron chi connectivity index (χ2n) is 4.88. The van der Waals surface area contributed by atoms with Crippen molar-refractivity contribution in [1.82, 2.24) is 0 Å². The zero-order valence-corrected chi connectivity index (χ0v) is 9.86. The minimum Gasteiger partial charge on any atom is -0.497 e. The summed E-state index contributed by atoms with van der Waals surface area (Å²) >= 11 is 0. The fourth-order valence-corrected chi connectivity index (χ4v) is 2.48. The number of hydrogen-bond acceptors (Lipinski definition) is 1. The van der Waals surface area contributed by atoms with Crippen LogP contribution in [-0.2, 0) is 0 Å². The van der Waals surface area contributed by atoms with Crippen molar-refractivity contribution in [1.29, 1.82) is 0 Å². The Balaban J connectivity index is 2.18. The Morgan fingerprint density at radius 2 is 1.73 bits per heavy atom. The molecule has 1 unspecified atom stereocenters. The molecular weight excluding hydrogens is 184 g/mol. The Bertz CT molecular complexity index is 307. The quantitative estimate of drug-likeness (QED) is 0.724. The molecule has 1 aliphatic rings. The molecule has 1 saturated carbocycles. The molecule has 1 heteroatoms. The summed E-state index contributed by atoms with van der Waals surface area (Å²) < 4.78 is 5.19. The SMILES string of the molecule is COc1ccc(C(C(C)C)C2CC2)cc1. The van der Waals surface area contributed by atoms with Gasteiger partial charge in [0.25, 0.3) is 0 Å². The molecule has 15 heavy (non-hydrogen) atoms. The van der Waals surface area contributed by atoms with Crippen LogP contribution in [0.25, 0.3) is 0 Å². The van der Waals surface area contributed by atoms with Gasteiger partial charge >= 0.3 is 0 Å². The van der Waals surface area contributed by atoms with E-state index in [2.05, 4.69) is 38.1 Å². The molecule has 82 valence electrons. The first-order chi connectivity index (χ1) is 7.22. The van der Waals surface area contributed by atoms with Crippen LogP contribution in [0.15, 0.2) is 24.3 Å². The van der Waals surface area contributed by atoms with Crippen LogP contribution >= 0.6 is 0 Å². The molecule has 1 aromatic carbocycles. The lowest BCUT2D eigenvalue weighted by Crippen LogP contribution is -2.08. The molecule has 1 nitrogen and oxygen atoms in total. The minimum atomic E-state index is 0.742. The summed E-state index contributed by atoms with van der Waals surface area (Å²) in [7, 11) is 1.72. The lowest BCUT2D eigenvalue weighted by Gasteiger charge is -2.21. The largest absolute Gasteiger partial charge is 0.497 e. The molecule has 0 N–H and O–H groups in total. The number of ether oxygens (including phenoxy) is 1. The fraction of sp³-hybridized carbons (Fsp3) is 0.571. The van der Waals surface area contributed by atoms with E-state index in [1.165, 1.54) is 18.4 Å². The van der Waals surface area contributed by atoms with Gasteiger partial charge in [0, 0.05) is 0 Å². The molecule has 0 spiro atoms. The van der Waals surface area contributed by atoms with Crippen molar-refractivity contribution in [2.75, 3.05) is 7.11 Å². The number of methoxy groups -OCH3 is 1. The predicted molar refractivity (Wildman–Crippen MR) is 63.3 cm³/mol. The highest BCUT2D eigenvalue weighted by Gasteiger charge is 2.33. The van der Waals surface area contributed by atoms with Gasteiger partial charge in [0.2, 0.25) is 0 Å². The van der Waals surface area contributed by atoms with Gasteiger partial charge in [-0.3, -0.25) is 0 Å². The zero-order valence-electron chi connectivity index (χ0n) is 9.86. The molecule has 1 atom stereocenters. The van der Waals surface area contributed by atoms with Gasteiger partial charge in [-0.15, -0.1) is 0 Å². The second-order valence-corrected chi connectivity index (χ2v) is 4.88. The van der Waals surface area contributed by atoms with Gasteiger partial charge in [0.1, 0.15) is 5.75 Å². The monoisotopic (exact) mass is 204 g/mol. The van der Waals surface area contributed by atoms with Crippen LogP contribution in [0.5, 0.6) is 5.75 Å². The van der Waals surface area contributed by atoms with E-state index in [0.717, 1.165) is 23.5 Å². The van der Waals surface area contributed by atoms with Crippen LogP contribution in [-0.4, -0.2) is 7.11 Å². The number of hydrogen-bond donors (Lipinski definition) is 0. The maximum absolute atomic E-state index is 5.19. The Morgan fingerprint density at radius 3 is 2.13 bits per heavy atom. The highest BCUT2D eigenvalue weighted by atomic mass is 16.5. The van der Waals surface area contributed by atoms with Crippen LogP contribution in [0.2, 0.25) is 0 Å². The van der Waals surface area contributed by atoms with Crippen molar-refractivity contribution in [3.63, 3.8) is 0 Å². The summed E-state index contributed by atoms with van der Waals surface area (Å²) in [5.41, 5.74) is 1.48. The topological polar surface area (TPSA) is 9.23 Å². The third-order valence-corrected chi connectivity index (χ3v) is 3.35. The number of rotatable bonds is 4. The second kappa shape index (κ2) is 4.26. The van der Waals surface area contributed by atoms with Crippen molar-refractivity contribution in [2.24, 2.45) is 11.8 Å². The Morgan fingerprint density at radius 1 is 1.13 bits per heavy atom. The molecule has 2 rings (SSSR count). The van der Waals surface area contributed by atoms with E-state index in [0.29, 0.717) is 0 Å². The van der Waals surface area contributed by atoms with E-state index in [-0.39, 0.29) is 0 Å². The Labute approximate surface area is 92.5 Å². The first-order valence-corrected chi connectivity index (χ1v) is 5.86. The van der Waals surface area contributed by atoms with Crippen molar-refractivity contribution >= 4 is 0 Å². The minimum absolute atomic E-state index is 0.742. The third kappa shape index (κ3) is 2.34. The molecule has 0 heterocycles. The van der Waals surface area contributed by atoms with Gasteiger partial charge < -0.3 is 4.74 Å². The normalized spacial score (nSPS) is 17.9. The van der Waals surface area contributed by atoms with Gasteiger partial charge in [0.05, 0.1) is 7.11 Å². The zero-order chi connectivity index (χ0) is 10.8. The molecule has 1 aliphatic carbocycles. The van der Waals surface area contributed by atoms with E-state index >= 15 is 0 Å². The lowest BCUT2D eigenvalue weighted by molar-refractivity contribution is 0.413. The van der Waals surface area contributed by atoms with Crippen molar-refractivity contribution in [3.05, 3.63) is 29.8 Å². The fourth-order valence-electron chi connectivity index (χ4n) is 2.48. The molecule has 0 radical (unpaired) electrons. The van der Waals surface area contributed by atoms with Crippen LogP contribution in [0.1, 0.15) is 38.2 Å². The summed E-state index contributed by atoms with van der Waals surface area (Å²) in [6.07, 6.45) is 2.82. The Hall–Kier alpha value is -0.980. The van der Waals surface area contributed by atoms with Gasteiger partial charge in [0.15, 0.2) is 0 Å². The van der Waals surface area contributed by atoms with Gasteiger partial charge in [-0.05, 0) is 48.3 Å². The average molecular weight is 204 g/mol. The molecule has 0 bridgehead atoms. The molecular formula is C14H20O. The first-order valence-electron chi connectivity index (χ1n) is 5.86. The van der Waals surface area contributed by atoms with Crippen LogP contribution in [0.4, 0.5) is 0 Å². The van der Waals surface area contributed by atoms with E-state index in [4.69, 9.17) is 4.74 Å². The van der Waals surface area contributed by atoms with Crippen molar-refractivity contribution in [3.8, 4) is 5.75 Å². The third-order valence-electron chi connectivity index (χ3n) is 3.35. The molecule has 0 amide bonds. The van der Waals surface area contributed by atoms with Crippen LogP contribution < -0.4 is 4.74 Å². The summed E-state index contributed by atoms with van der Waals surface area (Å²) in [5, 5.41) is 0. The summed E-state index contributed by atoms with van der Waals surface area (Å²) in [6, 6.07) is 8.60. The molecule has 0 aliphatic heterocycles. The molecule has 0 aromatic heterocycles. The van der Waals surface area contributed by atoms with Gasteiger partial charge in [-0.1, -0.05) is 26.0 Å². The summed E-state index contributed by atoms with van der Waals surface area (Å²) in [5.74, 6) is 3.37. The number of benzene rings is 1.